The highest BCUT2D eigenvalue weighted by atomic mass is 79.9. The van der Waals surface area contributed by atoms with Crippen LogP contribution in [-0.2, 0) is 16.1 Å². The maximum absolute atomic E-state index is 12.5. The normalized spacial score (nSPS) is 15.5. The van der Waals surface area contributed by atoms with Gasteiger partial charge in [0.2, 0.25) is 11.8 Å². The molecule has 2 heterocycles. The second-order valence-electron chi connectivity index (χ2n) is 6.21. The summed E-state index contributed by atoms with van der Waals surface area (Å²) in [5, 5.41) is 0.520. The summed E-state index contributed by atoms with van der Waals surface area (Å²) < 4.78 is 2.27. The molecule has 0 saturated carbocycles. The molecule has 1 saturated heterocycles. The number of carbonyl (C=O) groups is 2. The van der Waals surface area contributed by atoms with E-state index < -0.39 is 0 Å². The van der Waals surface area contributed by atoms with E-state index in [-0.39, 0.29) is 36.3 Å². The Hall–Kier alpha value is -2.22. The van der Waals surface area contributed by atoms with Crippen molar-refractivity contribution in [3.8, 4) is 0 Å². The number of primary amides is 1. The first-order valence-electron chi connectivity index (χ1n) is 8.17. The van der Waals surface area contributed by atoms with Gasteiger partial charge in [0, 0.05) is 36.4 Å². The molecule has 1 aromatic carbocycles. The van der Waals surface area contributed by atoms with E-state index in [9.17, 15) is 14.4 Å². The lowest BCUT2D eigenvalue weighted by atomic mass is 9.96. The molecule has 132 valence electrons. The first-order chi connectivity index (χ1) is 12.0. The third-order valence-corrected chi connectivity index (χ3v) is 5.10. The summed E-state index contributed by atoms with van der Waals surface area (Å²) in [7, 11) is 0. The first kappa shape index (κ1) is 17.6. The van der Waals surface area contributed by atoms with Crippen LogP contribution in [0.1, 0.15) is 19.3 Å². The molecular weight excluding hydrogens is 388 g/mol. The number of hydrogen-bond donors (Lipinski definition) is 1. The summed E-state index contributed by atoms with van der Waals surface area (Å²) in [4.78, 5) is 42.0. The van der Waals surface area contributed by atoms with E-state index in [1.165, 1.54) is 10.9 Å². The molecule has 7 nitrogen and oxygen atoms in total. The zero-order valence-corrected chi connectivity index (χ0v) is 15.2. The van der Waals surface area contributed by atoms with E-state index in [4.69, 9.17) is 5.73 Å². The van der Waals surface area contributed by atoms with Crippen molar-refractivity contribution < 1.29 is 9.59 Å². The Labute approximate surface area is 152 Å². The fourth-order valence-electron chi connectivity index (χ4n) is 3.08. The molecule has 0 spiro atoms. The molecule has 8 heteroatoms. The molecule has 2 aromatic rings. The lowest BCUT2D eigenvalue weighted by molar-refractivity contribution is -0.135. The summed E-state index contributed by atoms with van der Waals surface area (Å²) in [6.45, 7) is 1.34. The molecule has 25 heavy (non-hydrogen) atoms. The number of amides is 2. The minimum absolute atomic E-state index is 0.0239. The van der Waals surface area contributed by atoms with Gasteiger partial charge in [0.25, 0.3) is 5.56 Å². The maximum atomic E-state index is 12.5. The Balaban J connectivity index is 1.65. The Morgan fingerprint density at radius 2 is 2.00 bits per heavy atom. The minimum Gasteiger partial charge on any atom is -0.369 e. The molecule has 3 rings (SSSR count). The average Bonchev–Trinajstić information content (AvgIpc) is 2.61. The average molecular weight is 407 g/mol. The highest BCUT2D eigenvalue weighted by molar-refractivity contribution is 9.10. The van der Waals surface area contributed by atoms with Crippen molar-refractivity contribution >= 4 is 38.6 Å². The van der Waals surface area contributed by atoms with E-state index in [0.29, 0.717) is 36.8 Å². The van der Waals surface area contributed by atoms with Gasteiger partial charge in [0.1, 0.15) is 0 Å². The summed E-state index contributed by atoms with van der Waals surface area (Å²) in [6.07, 6.45) is 2.91. The number of fused-ring (bicyclic) bond motifs is 1. The van der Waals surface area contributed by atoms with Crippen LogP contribution in [0.25, 0.3) is 10.9 Å². The Bertz CT molecular complexity index is 872. The van der Waals surface area contributed by atoms with Gasteiger partial charge in [-0.05, 0) is 31.0 Å². The van der Waals surface area contributed by atoms with Crippen molar-refractivity contribution in [1.29, 1.82) is 0 Å². The quantitative estimate of drug-likeness (QED) is 0.826. The van der Waals surface area contributed by atoms with Crippen LogP contribution in [-0.4, -0.2) is 39.4 Å². The molecule has 0 aliphatic carbocycles. The van der Waals surface area contributed by atoms with Gasteiger partial charge >= 0.3 is 0 Å². The van der Waals surface area contributed by atoms with Crippen molar-refractivity contribution in [2.75, 3.05) is 13.1 Å². The zero-order chi connectivity index (χ0) is 18.0. The predicted octanol–water partition coefficient (Wildman–Crippen LogP) is 1.27. The van der Waals surface area contributed by atoms with Gasteiger partial charge in [-0.25, -0.2) is 4.98 Å². The van der Waals surface area contributed by atoms with E-state index in [2.05, 4.69) is 20.9 Å². The summed E-state index contributed by atoms with van der Waals surface area (Å²) in [5.41, 5.74) is 5.77. The number of likely N-dealkylation sites (tertiary alicyclic amines) is 1. The molecule has 2 N–H and O–H groups in total. The zero-order valence-electron chi connectivity index (χ0n) is 13.7. The standard InChI is InChI=1S/C17H19BrN4O3/c18-12-1-2-14-13(9-12)17(25)22(10-20-14)8-5-15(23)21-6-3-11(4-7-21)16(19)24/h1-2,9-11H,3-8H2,(H2,19,24). The highest BCUT2D eigenvalue weighted by Gasteiger charge is 2.25. The van der Waals surface area contributed by atoms with Gasteiger partial charge in [-0.1, -0.05) is 15.9 Å². The number of rotatable bonds is 4. The second-order valence-corrected chi connectivity index (χ2v) is 7.13. The van der Waals surface area contributed by atoms with Crippen molar-refractivity contribution in [3.63, 3.8) is 0 Å². The van der Waals surface area contributed by atoms with Crippen molar-refractivity contribution in [3.05, 3.63) is 39.4 Å². The van der Waals surface area contributed by atoms with Crippen LogP contribution in [0.15, 0.2) is 33.8 Å². The largest absolute Gasteiger partial charge is 0.369 e. The van der Waals surface area contributed by atoms with Crippen LogP contribution in [0.2, 0.25) is 0 Å². The number of aromatic nitrogens is 2. The fraction of sp³-hybridized carbons (Fsp3) is 0.412. The number of nitrogens with zero attached hydrogens (tertiary/aromatic N) is 3. The molecule has 1 aromatic heterocycles. The first-order valence-corrected chi connectivity index (χ1v) is 8.97. The van der Waals surface area contributed by atoms with Gasteiger partial charge in [0.15, 0.2) is 0 Å². The number of carbonyl (C=O) groups excluding carboxylic acids is 2. The molecule has 1 aliphatic heterocycles. The van der Waals surface area contributed by atoms with Gasteiger partial charge in [0.05, 0.1) is 17.2 Å². The van der Waals surface area contributed by atoms with Gasteiger partial charge in [-0.3, -0.25) is 19.0 Å². The molecule has 2 amide bonds. The third-order valence-electron chi connectivity index (χ3n) is 4.60. The fourth-order valence-corrected chi connectivity index (χ4v) is 3.44. The molecule has 0 atom stereocenters. The predicted molar refractivity (Wildman–Crippen MR) is 96.8 cm³/mol. The van der Waals surface area contributed by atoms with Crippen molar-refractivity contribution in [2.24, 2.45) is 11.7 Å². The Morgan fingerprint density at radius 3 is 2.68 bits per heavy atom. The number of halogens is 1. The number of piperidine rings is 1. The molecule has 0 unspecified atom stereocenters. The van der Waals surface area contributed by atoms with Crippen LogP contribution in [0.3, 0.4) is 0 Å². The van der Waals surface area contributed by atoms with Crippen LogP contribution < -0.4 is 11.3 Å². The number of nitrogens with two attached hydrogens (primary N) is 1. The number of aryl methyl sites for hydroxylation is 1. The van der Waals surface area contributed by atoms with E-state index in [0.717, 1.165) is 4.47 Å². The SMILES string of the molecule is NC(=O)C1CCN(C(=O)CCn2cnc3ccc(Br)cc3c2=O)CC1. The molecule has 1 aliphatic rings. The highest BCUT2D eigenvalue weighted by Crippen LogP contribution is 2.18. The maximum Gasteiger partial charge on any atom is 0.261 e. The van der Waals surface area contributed by atoms with Gasteiger partial charge in [-0.15, -0.1) is 0 Å². The monoisotopic (exact) mass is 406 g/mol. The third kappa shape index (κ3) is 3.89. The van der Waals surface area contributed by atoms with E-state index >= 15 is 0 Å². The van der Waals surface area contributed by atoms with Crippen molar-refractivity contribution in [2.45, 2.75) is 25.8 Å². The van der Waals surface area contributed by atoms with Crippen LogP contribution in [0, 0.1) is 5.92 Å². The lowest BCUT2D eigenvalue weighted by Gasteiger charge is -2.30. The lowest BCUT2D eigenvalue weighted by Crippen LogP contribution is -2.42. The summed E-state index contributed by atoms with van der Waals surface area (Å²) in [6, 6.07) is 5.34. The van der Waals surface area contributed by atoms with Crippen LogP contribution >= 0.6 is 15.9 Å². The molecule has 0 bridgehead atoms. The van der Waals surface area contributed by atoms with Gasteiger partial charge in [-0.2, -0.15) is 0 Å². The Morgan fingerprint density at radius 1 is 1.28 bits per heavy atom. The minimum atomic E-state index is -0.299. The van der Waals surface area contributed by atoms with E-state index in [1.54, 1.807) is 17.0 Å². The second kappa shape index (κ2) is 7.35. The number of hydrogen-bond acceptors (Lipinski definition) is 4. The van der Waals surface area contributed by atoms with Crippen LogP contribution in [0.4, 0.5) is 0 Å². The van der Waals surface area contributed by atoms with Crippen LogP contribution in [0.5, 0.6) is 0 Å². The van der Waals surface area contributed by atoms with E-state index in [1.807, 2.05) is 6.07 Å². The Kier molecular flexibility index (Phi) is 5.17. The smallest absolute Gasteiger partial charge is 0.261 e. The number of benzene rings is 1. The molecular formula is C17H19BrN4O3. The summed E-state index contributed by atoms with van der Waals surface area (Å²) in [5.74, 6) is -0.467. The topological polar surface area (TPSA) is 98.3 Å². The molecule has 1 fully saturated rings. The van der Waals surface area contributed by atoms with Gasteiger partial charge < -0.3 is 10.6 Å². The molecule has 0 radical (unpaired) electrons. The summed E-state index contributed by atoms with van der Waals surface area (Å²) >= 11 is 3.35. The van der Waals surface area contributed by atoms with Crippen molar-refractivity contribution in [1.82, 2.24) is 14.5 Å².